The van der Waals surface area contributed by atoms with Crippen molar-refractivity contribution in [2.24, 2.45) is 17.8 Å². The normalized spacial score (nSPS) is 36.5. The minimum Gasteiger partial charge on any atom is -0.324 e. The van der Waals surface area contributed by atoms with Crippen LogP contribution in [0.1, 0.15) is 40.0 Å². The number of hydrogen-bond donors (Lipinski definition) is 1. The molecule has 4 atom stereocenters. The summed E-state index contributed by atoms with van der Waals surface area (Å²) >= 11 is 0. The van der Waals surface area contributed by atoms with Gasteiger partial charge < -0.3 is 9.42 Å². The third-order valence-electron chi connectivity index (χ3n) is 3.29. The van der Waals surface area contributed by atoms with Gasteiger partial charge in [0.25, 0.3) is 0 Å². The third kappa shape index (κ3) is 4.26. The lowest BCUT2D eigenvalue weighted by atomic mass is 9.75. The van der Waals surface area contributed by atoms with Crippen molar-refractivity contribution in [3.63, 3.8) is 0 Å². The van der Waals surface area contributed by atoms with Gasteiger partial charge in [-0.3, -0.25) is 4.57 Å². The Hall–Kier alpha value is 0.150. The van der Waals surface area contributed by atoms with Gasteiger partial charge in [0.05, 0.1) is 6.10 Å². The maximum atomic E-state index is 11.3. The van der Waals surface area contributed by atoms with E-state index in [1.54, 1.807) is 0 Å². The lowest BCUT2D eigenvalue weighted by Crippen LogP contribution is -2.33. The molecule has 90 valence electrons. The second-order valence-electron chi connectivity index (χ2n) is 5.27. The summed E-state index contributed by atoms with van der Waals surface area (Å²) in [5, 5.41) is 0. The molecule has 0 aromatic rings. The third-order valence-corrected chi connectivity index (χ3v) is 3.95. The van der Waals surface area contributed by atoms with Crippen LogP contribution in [0.25, 0.3) is 0 Å². The fourth-order valence-electron chi connectivity index (χ4n) is 2.49. The predicted octanol–water partition coefficient (Wildman–Crippen LogP) is 3.28. The van der Waals surface area contributed by atoms with Gasteiger partial charge in [-0.1, -0.05) is 27.2 Å². The summed E-state index contributed by atoms with van der Waals surface area (Å²) in [6.07, 6.45) is 3.21. The Morgan fingerprint density at radius 1 is 1.40 bits per heavy atom. The Morgan fingerprint density at radius 2 is 2.00 bits per heavy atom. The van der Waals surface area contributed by atoms with E-state index in [0.29, 0.717) is 17.8 Å². The molecule has 4 unspecified atom stereocenters. The van der Waals surface area contributed by atoms with Crippen LogP contribution >= 0.6 is 7.60 Å². The Morgan fingerprint density at radius 3 is 2.47 bits per heavy atom. The topological polar surface area (TPSA) is 46.5 Å². The number of hydrogen-bond acceptors (Lipinski definition) is 2. The van der Waals surface area contributed by atoms with Crippen LogP contribution in [0.4, 0.5) is 0 Å². The van der Waals surface area contributed by atoms with Crippen LogP contribution in [-0.2, 0) is 9.09 Å². The van der Waals surface area contributed by atoms with Gasteiger partial charge >= 0.3 is 7.60 Å². The smallest absolute Gasteiger partial charge is 0.324 e. The first-order valence-electron chi connectivity index (χ1n) is 5.78. The zero-order valence-electron chi connectivity index (χ0n) is 10.1. The maximum absolute atomic E-state index is 11.3. The van der Waals surface area contributed by atoms with Crippen LogP contribution in [0.3, 0.4) is 0 Å². The van der Waals surface area contributed by atoms with Gasteiger partial charge in [-0.2, -0.15) is 0 Å². The maximum Gasteiger partial charge on any atom is 0.325 e. The number of rotatable bonds is 3. The molecule has 0 radical (unpaired) electrons. The highest BCUT2D eigenvalue weighted by atomic mass is 31.2. The Balaban J connectivity index is 2.66. The van der Waals surface area contributed by atoms with Crippen LogP contribution in [0.15, 0.2) is 0 Å². The molecule has 0 aromatic heterocycles. The van der Waals surface area contributed by atoms with Crippen LogP contribution in [-0.4, -0.2) is 17.7 Å². The summed E-state index contributed by atoms with van der Waals surface area (Å²) in [4.78, 5) is 9.29. The van der Waals surface area contributed by atoms with E-state index in [0.717, 1.165) is 12.8 Å². The molecular formula is C11H23O3P. The first-order valence-corrected chi connectivity index (χ1v) is 7.80. The second-order valence-corrected chi connectivity index (χ2v) is 7.09. The van der Waals surface area contributed by atoms with Crippen LogP contribution < -0.4 is 0 Å². The molecule has 1 aliphatic carbocycles. The standard InChI is InChI=1S/C11H23O3P/c1-8(2)10-6-5-9(3)7-11(10)14-15(4,12)13/h8-11H,5-7H2,1-4H3,(H,12,13). The quantitative estimate of drug-likeness (QED) is 0.762. The van der Waals surface area contributed by atoms with Crippen molar-refractivity contribution in [2.75, 3.05) is 6.66 Å². The van der Waals surface area contributed by atoms with E-state index in [-0.39, 0.29) is 6.10 Å². The molecule has 0 aliphatic heterocycles. The van der Waals surface area contributed by atoms with Gasteiger partial charge in [0.1, 0.15) is 0 Å². The van der Waals surface area contributed by atoms with E-state index < -0.39 is 7.60 Å². The lowest BCUT2D eigenvalue weighted by molar-refractivity contribution is 0.0390. The molecule has 3 nitrogen and oxygen atoms in total. The van der Waals surface area contributed by atoms with Crippen molar-refractivity contribution >= 4 is 7.60 Å². The minimum absolute atomic E-state index is 0.0328. The SMILES string of the molecule is CC1CCC(C(C)C)C(OP(C)(=O)O)C1. The summed E-state index contributed by atoms with van der Waals surface area (Å²) in [7, 11) is -3.34. The van der Waals surface area contributed by atoms with Gasteiger partial charge in [-0.25, -0.2) is 0 Å². The van der Waals surface area contributed by atoms with E-state index in [1.807, 2.05) is 0 Å². The Kier molecular flexibility index (Phi) is 4.39. The molecule has 4 heteroatoms. The van der Waals surface area contributed by atoms with Crippen LogP contribution in [0, 0.1) is 17.8 Å². The summed E-state index contributed by atoms with van der Waals surface area (Å²) in [5.74, 6) is 1.56. The van der Waals surface area contributed by atoms with Gasteiger partial charge in [-0.15, -0.1) is 0 Å². The van der Waals surface area contributed by atoms with Crippen LogP contribution in [0.5, 0.6) is 0 Å². The Bertz CT molecular complexity index is 246. The molecule has 0 aromatic carbocycles. The average Bonchev–Trinajstić information content (AvgIpc) is 1.99. The fourth-order valence-corrected chi connectivity index (χ4v) is 3.23. The van der Waals surface area contributed by atoms with Gasteiger partial charge in [0.15, 0.2) is 0 Å². The largest absolute Gasteiger partial charge is 0.325 e. The molecule has 1 aliphatic rings. The van der Waals surface area contributed by atoms with E-state index in [4.69, 9.17) is 4.52 Å². The van der Waals surface area contributed by atoms with Gasteiger partial charge in [0.2, 0.25) is 0 Å². The Labute approximate surface area is 92.8 Å². The minimum atomic E-state index is -3.34. The zero-order chi connectivity index (χ0) is 11.6. The van der Waals surface area contributed by atoms with E-state index >= 15 is 0 Å². The summed E-state index contributed by atoms with van der Waals surface area (Å²) < 4.78 is 16.6. The first-order chi connectivity index (χ1) is 6.79. The molecule has 1 fully saturated rings. The van der Waals surface area contributed by atoms with Gasteiger partial charge in [0, 0.05) is 6.66 Å². The molecule has 0 bridgehead atoms. The van der Waals surface area contributed by atoms with Crippen molar-refractivity contribution < 1.29 is 14.0 Å². The highest BCUT2D eigenvalue weighted by molar-refractivity contribution is 7.51. The van der Waals surface area contributed by atoms with Crippen molar-refractivity contribution in [2.45, 2.75) is 46.1 Å². The van der Waals surface area contributed by atoms with Crippen molar-refractivity contribution in [3.8, 4) is 0 Å². The van der Waals surface area contributed by atoms with Crippen molar-refractivity contribution in [3.05, 3.63) is 0 Å². The lowest BCUT2D eigenvalue weighted by Gasteiger charge is -2.37. The molecule has 1 rings (SSSR count). The molecule has 0 heterocycles. The highest BCUT2D eigenvalue weighted by Crippen LogP contribution is 2.45. The highest BCUT2D eigenvalue weighted by Gasteiger charge is 2.34. The van der Waals surface area contributed by atoms with E-state index in [1.165, 1.54) is 13.1 Å². The summed E-state index contributed by atoms with van der Waals surface area (Å²) in [6.45, 7) is 7.79. The van der Waals surface area contributed by atoms with Crippen molar-refractivity contribution in [1.82, 2.24) is 0 Å². The molecule has 0 saturated heterocycles. The molecule has 1 N–H and O–H groups in total. The molecule has 15 heavy (non-hydrogen) atoms. The molecule has 0 amide bonds. The second kappa shape index (κ2) is 4.99. The van der Waals surface area contributed by atoms with Crippen LogP contribution in [0.2, 0.25) is 0 Å². The monoisotopic (exact) mass is 234 g/mol. The predicted molar refractivity (Wildman–Crippen MR) is 62.0 cm³/mol. The summed E-state index contributed by atoms with van der Waals surface area (Å²) in [6, 6.07) is 0. The van der Waals surface area contributed by atoms with E-state index in [9.17, 15) is 9.46 Å². The average molecular weight is 234 g/mol. The van der Waals surface area contributed by atoms with Crippen molar-refractivity contribution in [1.29, 1.82) is 0 Å². The van der Waals surface area contributed by atoms with E-state index in [2.05, 4.69) is 20.8 Å². The first kappa shape index (κ1) is 13.2. The molecular weight excluding hydrogens is 211 g/mol. The zero-order valence-corrected chi connectivity index (χ0v) is 11.0. The van der Waals surface area contributed by atoms with Gasteiger partial charge in [-0.05, 0) is 30.6 Å². The summed E-state index contributed by atoms with van der Waals surface area (Å²) in [5.41, 5.74) is 0. The molecule has 1 saturated carbocycles. The molecule has 0 spiro atoms. The fraction of sp³-hybridized carbons (Fsp3) is 1.00.